The summed E-state index contributed by atoms with van der Waals surface area (Å²) in [6.07, 6.45) is 0. The molecule has 0 unspecified atom stereocenters. The molecule has 0 saturated heterocycles. The van der Waals surface area contributed by atoms with Gasteiger partial charge >= 0.3 is 0 Å². The van der Waals surface area contributed by atoms with E-state index in [0.717, 1.165) is 16.3 Å². The van der Waals surface area contributed by atoms with Gasteiger partial charge in [-0.05, 0) is 30.5 Å². The Morgan fingerprint density at radius 1 is 1.23 bits per heavy atom. The highest BCUT2D eigenvalue weighted by molar-refractivity contribution is 7.09. The zero-order valence-corrected chi connectivity index (χ0v) is 16.6. The lowest BCUT2D eigenvalue weighted by atomic mass is 10.1. The van der Waals surface area contributed by atoms with E-state index in [1.165, 1.54) is 0 Å². The van der Waals surface area contributed by atoms with Crippen molar-refractivity contribution in [1.29, 1.82) is 0 Å². The largest absolute Gasteiger partial charge is 0.352 e. The lowest BCUT2D eigenvalue weighted by Gasteiger charge is -2.11. The van der Waals surface area contributed by atoms with Crippen LogP contribution in [0.4, 0.5) is 0 Å². The van der Waals surface area contributed by atoms with Crippen molar-refractivity contribution < 1.29 is 4.79 Å². The number of rotatable bonds is 7. The van der Waals surface area contributed by atoms with E-state index in [1.807, 2.05) is 31.2 Å². The molecule has 1 amide bonds. The Morgan fingerprint density at radius 2 is 2.00 bits per heavy atom. The van der Waals surface area contributed by atoms with Crippen LogP contribution in [0.1, 0.15) is 53.3 Å². The zero-order valence-electron chi connectivity index (χ0n) is 15.8. The Balaban J connectivity index is 1.88. The Hall–Kier alpha value is -2.41. The summed E-state index contributed by atoms with van der Waals surface area (Å²) in [4.78, 5) is 20.8. The molecule has 0 fully saturated rings. The van der Waals surface area contributed by atoms with Crippen LogP contribution in [0.2, 0.25) is 0 Å². The van der Waals surface area contributed by atoms with E-state index in [4.69, 9.17) is 0 Å². The number of guanidine groups is 1. The number of hydrogen-bond acceptors (Lipinski definition) is 4. The standard InChI is InChI=1S/C19H27N5OS/c1-5-21-18(25)15-8-6-7-14(9-15)10-22-19(20-4)23-11-17-24-16(12-26-17)13(2)3/h6-9,12-13H,5,10-11H2,1-4H3,(H,21,25)(H2,20,22,23). The number of aromatic nitrogens is 1. The van der Waals surface area contributed by atoms with E-state index in [9.17, 15) is 4.79 Å². The Kier molecular flexibility index (Phi) is 7.59. The first-order valence-electron chi connectivity index (χ1n) is 8.79. The van der Waals surface area contributed by atoms with Crippen LogP contribution in [0.25, 0.3) is 0 Å². The topological polar surface area (TPSA) is 78.4 Å². The maximum absolute atomic E-state index is 11.9. The second kappa shape index (κ2) is 9.91. The smallest absolute Gasteiger partial charge is 0.251 e. The molecule has 0 aliphatic carbocycles. The van der Waals surface area contributed by atoms with Gasteiger partial charge in [-0.1, -0.05) is 26.0 Å². The van der Waals surface area contributed by atoms with Crippen LogP contribution in [0.15, 0.2) is 34.6 Å². The predicted molar refractivity (Wildman–Crippen MR) is 108 cm³/mol. The highest BCUT2D eigenvalue weighted by Gasteiger charge is 2.07. The third-order valence-corrected chi connectivity index (χ3v) is 4.65. The maximum Gasteiger partial charge on any atom is 0.251 e. The summed E-state index contributed by atoms with van der Waals surface area (Å²) in [5.74, 6) is 1.09. The number of carbonyl (C=O) groups is 1. The zero-order chi connectivity index (χ0) is 18.9. The first-order valence-corrected chi connectivity index (χ1v) is 9.67. The summed E-state index contributed by atoms with van der Waals surface area (Å²) in [5, 5.41) is 12.5. The molecule has 3 N–H and O–H groups in total. The van der Waals surface area contributed by atoms with Crippen LogP contribution in [0.5, 0.6) is 0 Å². The van der Waals surface area contributed by atoms with E-state index in [0.29, 0.717) is 37.1 Å². The summed E-state index contributed by atoms with van der Waals surface area (Å²) < 4.78 is 0. The molecule has 0 atom stereocenters. The average Bonchev–Trinajstić information content (AvgIpc) is 3.12. The van der Waals surface area contributed by atoms with Crippen LogP contribution >= 0.6 is 11.3 Å². The minimum absolute atomic E-state index is 0.0541. The molecule has 0 spiro atoms. The first-order chi connectivity index (χ1) is 12.5. The van der Waals surface area contributed by atoms with Crippen molar-refractivity contribution in [3.05, 3.63) is 51.5 Å². The highest BCUT2D eigenvalue weighted by atomic mass is 32.1. The molecule has 140 valence electrons. The molecule has 0 aliphatic rings. The lowest BCUT2D eigenvalue weighted by Crippen LogP contribution is -2.36. The van der Waals surface area contributed by atoms with Gasteiger partial charge < -0.3 is 16.0 Å². The molecule has 2 rings (SSSR count). The van der Waals surface area contributed by atoms with Crippen LogP contribution in [-0.2, 0) is 13.1 Å². The number of nitrogens with zero attached hydrogens (tertiary/aromatic N) is 2. The van der Waals surface area contributed by atoms with Crippen molar-refractivity contribution in [3.8, 4) is 0 Å². The van der Waals surface area contributed by atoms with Crippen LogP contribution < -0.4 is 16.0 Å². The first kappa shape index (κ1) is 19.9. The fourth-order valence-electron chi connectivity index (χ4n) is 2.32. The third kappa shape index (κ3) is 5.84. The molecule has 1 aromatic heterocycles. The SMILES string of the molecule is CCNC(=O)c1cccc(CNC(=NC)NCc2nc(C(C)C)cs2)c1. The predicted octanol–water partition coefficient (Wildman–Crippen LogP) is 2.88. The molecule has 0 aliphatic heterocycles. The maximum atomic E-state index is 11.9. The third-order valence-electron chi connectivity index (χ3n) is 3.78. The van der Waals surface area contributed by atoms with Crippen molar-refractivity contribution in [2.75, 3.05) is 13.6 Å². The molecule has 7 heteroatoms. The summed E-state index contributed by atoms with van der Waals surface area (Å²) in [5.41, 5.74) is 2.81. The summed E-state index contributed by atoms with van der Waals surface area (Å²) in [6, 6.07) is 7.58. The monoisotopic (exact) mass is 373 g/mol. The van der Waals surface area contributed by atoms with E-state index in [2.05, 4.69) is 45.2 Å². The van der Waals surface area contributed by atoms with Gasteiger partial charge in [0, 0.05) is 31.1 Å². The van der Waals surface area contributed by atoms with Crippen LogP contribution in [0, 0.1) is 0 Å². The molecule has 6 nitrogen and oxygen atoms in total. The van der Waals surface area contributed by atoms with Crippen molar-refractivity contribution in [3.63, 3.8) is 0 Å². The van der Waals surface area contributed by atoms with Gasteiger partial charge in [0.2, 0.25) is 0 Å². The summed E-state index contributed by atoms with van der Waals surface area (Å²) in [6.45, 7) is 8.03. The van der Waals surface area contributed by atoms with E-state index >= 15 is 0 Å². The van der Waals surface area contributed by atoms with Crippen molar-refractivity contribution >= 4 is 23.2 Å². The molecular formula is C19H27N5OS. The molecular weight excluding hydrogens is 346 g/mol. The normalized spacial score (nSPS) is 11.5. The van der Waals surface area contributed by atoms with Gasteiger partial charge in [0.15, 0.2) is 5.96 Å². The quantitative estimate of drug-likeness (QED) is 0.515. The number of benzene rings is 1. The minimum atomic E-state index is -0.0541. The molecule has 0 radical (unpaired) electrons. The molecule has 1 heterocycles. The number of amides is 1. The molecule has 0 saturated carbocycles. The number of aliphatic imine (C=N–C) groups is 1. The molecule has 2 aromatic rings. The van der Waals surface area contributed by atoms with Gasteiger partial charge in [-0.25, -0.2) is 4.98 Å². The second-order valence-corrected chi connectivity index (χ2v) is 7.10. The summed E-state index contributed by atoms with van der Waals surface area (Å²) >= 11 is 1.65. The van der Waals surface area contributed by atoms with Gasteiger partial charge in [0.05, 0.1) is 12.2 Å². The Morgan fingerprint density at radius 3 is 2.65 bits per heavy atom. The van der Waals surface area contributed by atoms with Gasteiger partial charge in [0.25, 0.3) is 5.91 Å². The van der Waals surface area contributed by atoms with Crippen LogP contribution in [-0.4, -0.2) is 30.4 Å². The molecule has 26 heavy (non-hydrogen) atoms. The Labute approximate surface area is 159 Å². The minimum Gasteiger partial charge on any atom is -0.352 e. The molecule has 0 bridgehead atoms. The average molecular weight is 374 g/mol. The number of thiazole rings is 1. The number of carbonyl (C=O) groups excluding carboxylic acids is 1. The van der Waals surface area contributed by atoms with E-state index < -0.39 is 0 Å². The van der Waals surface area contributed by atoms with Crippen molar-refractivity contribution in [1.82, 2.24) is 20.9 Å². The van der Waals surface area contributed by atoms with Gasteiger partial charge in [-0.15, -0.1) is 11.3 Å². The van der Waals surface area contributed by atoms with Crippen molar-refractivity contribution in [2.45, 2.75) is 39.8 Å². The number of nitrogens with one attached hydrogen (secondary N) is 3. The van der Waals surface area contributed by atoms with E-state index in [1.54, 1.807) is 18.4 Å². The lowest BCUT2D eigenvalue weighted by molar-refractivity contribution is 0.0955. The second-order valence-electron chi connectivity index (χ2n) is 6.16. The van der Waals surface area contributed by atoms with Crippen molar-refractivity contribution in [2.24, 2.45) is 4.99 Å². The highest BCUT2D eigenvalue weighted by Crippen LogP contribution is 2.17. The van der Waals surface area contributed by atoms with Crippen LogP contribution in [0.3, 0.4) is 0 Å². The van der Waals surface area contributed by atoms with Gasteiger partial charge in [-0.3, -0.25) is 9.79 Å². The Bertz CT molecular complexity index is 754. The molecule has 1 aromatic carbocycles. The summed E-state index contributed by atoms with van der Waals surface area (Å²) in [7, 11) is 1.74. The van der Waals surface area contributed by atoms with E-state index in [-0.39, 0.29) is 5.91 Å². The van der Waals surface area contributed by atoms with Gasteiger partial charge in [-0.2, -0.15) is 0 Å². The fraction of sp³-hybridized carbons (Fsp3) is 0.421. The van der Waals surface area contributed by atoms with Gasteiger partial charge in [0.1, 0.15) is 5.01 Å². The fourth-order valence-corrected chi connectivity index (χ4v) is 3.22. The number of hydrogen-bond donors (Lipinski definition) is 3.